The fourth-order valence-electron chi connectivity index (χ4n) is 0.201. The maximum atomic E-state index is 10.2. The third-order valence-electron chi connectivity index (χ3n) is 0.604. The molecule has 0 heterocycles. The first-order valence-electron chi connectivity index (χ1n) is 2.09. The number of methoxy groups -OCH3 is 1. The van der Waals surface area contributed by atoms with Gasteiger partial charge in [-0.25, -0.2) is 0 Å². The number of carbonyl (C=O) groups excluding carboxylic acids is 1. The van der Waals surface area contributed by atoms with Gasteiger partial charge >= 0.3 is 0 Å². The molecule has 0 aliphatic rings. The van der Waals surface area contributed by atoms with Crippen LogP contribution < -0.4 is 0 Å². The molecule has 0 N–H and O–H groups in total. The molecule has 0 radical (unpaired) electrons. The minimum atomic E-state index is -0.264. The van der Waals surface area contributed by atoms with Gasteiger partial charge < -0.3 is 11.7 Å². The molecule has 0 aromatic rings. The summed E-state index contributed by atoms with van der Waals surface area (Å²) >= 11 is 0. The Kier molecular flexibility index (Phi) is 15.5. The quantitative estimate of drug-likeness (QED) is 0.395. The van der Waals surface area contributed by atoms with E-state index in [-0.39, 0.29) is 48.3 Å². The van der Waals surface area contributed by atoms with Gasteiger partial charge in [-0.05, 0) is 0 Å². The van der Waals surface area contributed by atoms with Crippen molar-refractivity contribution in [3.63, 3.8) is 0 Å². The first kappa shape index (κ1) is 16.3. The minimum Gasteiger partial charge on any atom is -0.471 e. The Morgan fingerprint density at radius 2 is 2.00 bits per heavy atom. The molecule has 1 atom stereocenters. The summed E-state index contributed by atoms with van der Waals surface area (Å²) in [4.78, 5) is 10.2. The van der Waals surface area contributed by atoms with Gasteiger partial charge in [0.2, 0.25) is 0 Å². The molecule has 52 valence electrons. The average molecular weight is 247 g/mol. The zero-order valence-electron chi connectivity index (χ0n) is 5.72. The molecule has 2 nitrogen and oxygen atoms in total. The van der Waals surface area contributed by atoms with E-state index in [9.17, 15) is 4.79 Å². The van der Waals surface area contributed by atoms with Crippen molar-refractivity contribution in [2.75, 3.05) is 7.11 Å². The average Bonchev–Trinajstić information content (AvgIpc) is 1.65. The predicted octanol–water partition coefficient (Wildman–Crippen LogP) is 1.20. The maximum absolute atomic E-state index is 10.2. The number of ether oxygens (including phenoxy) is 1. The molecule has 0 saturated carbocycles. The van der Waals surface area contributed by atoms with Crippen LogP contribution in [0.3, 0.4) is 0 Å². The summed E-state index contributed by atoms with van der Waals surface area (Å²) in [6, 6.07) is 0. The van der Waals surface area contributed by atoms with Crippen LogP contribution in [0.25, 0.3) is 0 Å². The van der Waals surface area contributed by atoms with Gasteiger partial charge in [0.15, 0.2) is 0 Å². The van der Waals surface area contributed by atoms with Crippen molar-refractivity contribution in [3.05, 3.63) is 6.92 Å². The molecule has 0 aromatic carbocycles. The van der Waals surface area contributed by atoms with E-state index in [0.29, 0.717) is 0 Å². The Morgan fingerprint density at radius 3 is 2.00 bits per heavy atom. The van der Waals surface area contributed by atoms with Crippen LogP contribution >= 0.6 is 17.0 Å². The number of rotatable bonds is 1. The van der Waals surface area contributed by atoms with Gasteiger partial charge in [-0.1, -0.05) is 12.8 Å². The van der Waals surface area contributed by atoms with Crippen molar-refractivity contribution in [1.29, 1.82) is 0 Å². The molecule has 0 aliphatic heterocycles. The van der Waals surface area contributed by atoms with Crippen LogP contribution in [-0.4, -0.2) is 13.1 Å². The molecule has 0 spiro atoms. The number of carbonyl (C=O) groups is 1. The second-order valence-corrected chi connectivity index (χ2v) is 1.42. The Hall–Kier alpha value is 0.573. The fourth-order valence-corrected chi connectivity index (χ4v) is 0.201. The SMILES string of the molecule is Br.[CH2-]C(C)C(=O)OC.[Zn]. The van der Waals surface area contributed by atoms with Crippen LogP contribution in [0.1, 0.15) is 6.92 Å². The van der Waals surface area contributed by atoms with Crippen molar-refractivity contribution >= 4 is 23.0 Å². The fraction of sp³-hybridized carbons (Fsp3) is 0.600. The normalized spacial score (nSPS) is 10.1. The molecular weight excluding hydrogens is 237 g/mol. The summed E-state index contributed by atoms with van der Waals surface area (Å²) in [6.07, 6.45) is 0. The first-order chi connectivity index (χ1) is 3.18. The van der Waals surface area contributed by atoms with Crippen molar-refractivity contribution in [2.24, 2.45) is 5.92 Å². The van der Waals surface area contributed by atoms with Crippen molar-refractivity contribution in [2.45, 2.75) is 6.92 Å². The van der Waals surface area contributed by atoms with Gasteiger partial charge in [-0.3, -0.25) is 4.79 Å². The van der Waals surface area contributed by atoms with Gasteiger partial charge in [0.25, 0.3) is 5.97 Å². The van der Waals surface area contributed by atoms with Gasteiger partial charge in [-0.15, -0.1) is 17.0 Å². The summed E-state index contributed by atoms with van der Waals surface area (Å²) in [5.74, 6) is -0.509. The largest absolute Gasteiger partial charge is 0.471 e. The maximum Gasteiger partial charge on any atom is 0.277 e. The molecule has 0 saturated heterocycles. The number of hydrogen-bond donors (Lipinski definition) is 0. The molecule has 0 aliphatic carbocycles. The van der Waals surface area contributed by atoms with Gasteiger partial charge in [0, 0.05) is 19.5 Å². The van der Waals surface area contributed by atoms with E-state index in [1.54, 1.807) is 6.92 Å². The molecule has 0 aromatic heterocycles. The summed E-state index contributed by atoms with van der Waals surface area (Å²) < 4.78 is 4.31. The van der Waals surface area contributed by atoms with Gasteiger partial charge in [-0.2, -0.15) is 0 Å². The van der Waals surface area contributed by atoms with E-state index in [4.69, 9.17) is 0 Å². The standard InChI is InChI=1S/C5H9O2.BrH.Zn/c1-4(2)5(6)7-3;;/h4H,1H2,2-3H3;1H;/q-1;;. The topological polar surface area (TPSA) is 26.3 Å². The Bertz CT molecular complexity index is 75.4. The monoisotopic (exact) mass is 245 g/mol. The summed E-state index contributed by atoms with van der Waals surface area (Å²) in [7, 11) is 1.35. The summed E-state index contributed by atoms with van der Waals surface area (Å²) in [6.45, 7) is 5.12. The smallest absolute Gasteiger partial charge is 0.277 e. The molecule has 9 heavy (non-hydrogen) atoms. The van der Waals surface area contributed by atoms with Crippen LogP contribution in [0, 0.1) is 12.8 Å². The Morgan fingerprint density at radius 1 is 1.67 bits per heavy atom. The van der Waals surface area contributed by atoms with Crippen LogP contribution in [-0.2, 0) is 29.0 Å². The Balaban J connectivity index is -0.000000180. The third-order valence-corrected chi connectivity index (χ3v) is 0.604. The van der Waals surface area contributed by atoms with Crippen molar-refractivity contribution in [1.82, 2.24) is 0 Å². The van der Waals surface area contributed by atoms with E-state index in [0.717, 1.165) is 0 Å². The van der Waals surface area contributed by atoms with Crippen LogP contribution in [0.2, 0.25) is 0 Å². The Labute approximate surface area is 78.9 Å². The zero-order valence-corrected chi connectivity index (χ0v) is 10.4. The van der Waals surface area contributed by atoms with E-state index in [1.165, 1.54) is 7.11 Å². The van der Waals surface area contributed by atoms with E-state index >= 15 is 0 Å². The van der Waals surface area contributed by atoms with E-state index < -0.39 is 0 Å². The van der Waals surface area contributed by atoms with Gasteiger partial charge in [0.05, 0.1) is 7.11 Å². The second kappa shape index (κ2) is 8.57. The molecule has 0 fully saturated rings. The number of halogens is 1. The second-order valence-electron chi connectivity index (χ2n) is 1.42. The summed E-state index contributed by atoms with van der Waals surface area (Å²) in [5, 5.41) is 0. The van der Waals surface area contributed by atoms with Crippen LogP contribution in [0.15, 0.2) is 0 Å². The van der Waals surface area contributed by atoms with E-state index in [2.05, 4.69) is 11.7 Å². The molecular formula is C5H10BrO2Zn-. The molecule has 0 rings (SSSR count). The van der Waals surface area contributed by atoms with Crippen molar-refractivity contribution < 1.29 is 29.0 Å². The van der Waals surface area contributed by atoms with Gasteiger partial charge in [0.1, 0.15) is 0 Å². The molecule has 0 bridgehead atoms. The van der Waals surface area contributed by atoms with Crippen LogP contribution in [0.4, 0.5) is 0 Å². The summed E-state index contributed by atoms with van der Waals surface area (Å²) in [5.41, 5.74) is 0. The third kappa shape index (κ3) is 8.57. The van der Waals surface area contributed by atoms with E-state index in [1.807, 2.05) is 0 Å². The first-order valence-corrected chi connectivity index (χ1v) is 2.09. The van der Waals surface area contributed by atoms with Crippen LogP contribution in [0.5, 0.6) is 0 Å². The predicted molar refractivity (Wildman–Crippen MR) is 36.9 cm³/mol. The molecule has 4 heteroatoms. The number of esters is 1. The number of hydrogen-bond acceptors (Lipinski definition) is 2. The molecule has 0 amide bonds. The molecule has 1 unspecified atom stereocenters. The minimum absolute atomic E-state index is 0. The van der Waals surface area contributed by atoms with Crippen molar-refractivity contribution in [3.8, 4) is 0 Å². The zero-order chi connectivity index (χ0) is 5.86.